The van der Waals surface area contributed by atoms with Gasteiger partial charge in [0.2, 0.25) is 0 Å². The molecule has 9 rings (SSSR count). The summed E-state index contributed by atoms with van der Waals surface area (Å²) < 4.78 is 1.25. The van der Waals surface area contributed by atoms with Crippen LogP contribution in [0, 0.1) is 3.57 Å². The minimum absolute atomic E-state index is 0.650. The summed E-state index contributed by atoms with van der Waals surface area (Å²) in [4.78, 5) is 14.8. The first-order chi connectivity index (χ1) is 26.2. The second kappa shape index (κ2) is 14.4. The van der Waals surface area contributed by atoms with Gasteiger partial charge in [0.15, 0.2) is 17.5 Å². The lowest BCUT2D eigenvalue weighted by atomic mass is 9.92. The van der Waals surface area contributed by atoms with Crippen molar-refractivity contribution in [2.75, 3.05) is 0 Å². The van der Waals surface area contributed by atoms with E-state index in [0.29, 0.717) is 17.5 Å². The zero-order valence-corrected chi connectivity index (χ0v) is 30.9. The molecular weight excluding hydrogens is 757 g/mol. The predicted molar refractivity (Wildman–Crippen MR) is 228 cm³/mol. The summed E-state index contributed by atoms with van der Waals surface area (Å²) in [6.07, 6.45) is 0. The van der Waals surface area contributed by atoms with Crippen LogP contribution in [0.1, 0.15) is 0 Å². The van der Waals surface area contributed by atoms with Gasteiger partial charge in [-0.25, -0.2) is 15.0 Å². The summed E-state index contributed by atoms with van der Waals surface area (Å²) in [5.41, 5.74) is 12.5. The molecule has 8 aromatic carbocycles. The Morgan fingerprint density at radius 2 is 0.623 bits per heavy atom. The van der Waals surface area contributed by atoms with Crippen molar-refractivity contribution < 1.29 is 0 Å². The Kier molecular flexibility index (Phi) is 8.88. The van der Waals surface area contributed by atoms with Crippen molar-refractivity contribution in [3.63, 3.8) is 0 Å². The van der Waals surface area contributed by atoms with Gasteiger partial charge in [-0.3, -0.25) is 0 Å². The Morgan fingerprint density at radius 3 is 1.09 bits per heavy atom. The Balaban J connectivity index is 1.08. The van der Waals surface area contributed by atoms with Gasteiger partial charge in [-0.2, -0.15) is 0 Å². The smallest absolute Gasteiger partial charge is 0.164 e. The van der Waals surface area contributed by atoms with Crippen LogP contribution in [0.15, 0.2) is 194 Å². The van der Waals surface area contributed by atoms with Crippen LogP contribution in [0.3, 0.4) is 0 Å². The molecule has 0 aliphatic heterocycles. The highest BCUT2D eigenvalue weighted by Gasteiger charge is 2.15. The third-order valence-electron chi connectivity index (χ3n) is 9.59. The van der Waals surface area contributed by atoms with Crippen LogP contribution >= 0.6 is 22.6 Å². The van der Waals surface area contributed by atoms with E-state index in [0.717, 1.165) is 38.6 Å². The second-order valence-electron chi connectivity index (χ2n) is 13.0. The zero-order chi connectivity index (χ0) is 35.6. The second-order valence-corrected chi connectivity index (χ2v) is 14.1. The SMILES string of the molecule is Ic1c(-c2ccccc2)cc(-c2ccc(-c3ccc4ccc(-c5nc(-c6ccccc6)nc(-c6ccccc6)n5)cc4c3)cc2)cc1-c1ccccc1. The van der Waals surface area contributed by atoms with Gasteiger partial charge >= 0.3 is 0 Å². The zero-order valence-electron chi connectivity index (χ0n) is 28.7. The summed E-state index contributed by atoms with van der Waals surface area (Å²) in [6.45, 7) is 0. The van der Waals surface area contributed by atoms with Crippen molar-refractivity contribution in [2.24, 2.45) is 0 Å². The van der Waals surface area contributed by atoms with Gasteiger partial charge in [-0.15, -0.1) is 0 Å². The Labute approximate surface area is 322 Å². The number of nitrogens with zero attached hydrogens (tertiary/aromatic N) is 3. The maximum absolute atomic E-state index is 4.96. The first kappa shape index (κ1) is 32.7. The van der Waals surface area contributed by atoms with E-state index in [4.69, 9.17) is 15.0 Å². The van der Waals surface area contributed by atoms with Crippen molar-refractivity contribution in [2.45, 2.75) is 0 Å². The van der Waals surface area contributed by atoms with Crippen molar-refractivity contribution in [3.05, 3.63) is 198 Å². The fraction of sp³-hybridized carbons (Fsp3) is 0. The molecule has 0 spiro atoms. The van der Waals surface area contributed by atoms with E-state index in [2.05, 4.69) is 156 Å². The number of hydrogen-bond acceptors (Lipinski definition) is 3. The van der Waals surface area contributed by atoms with Gasteiger partial charge in [-0.1, -0.05) is 170 Å². The standard InChI is InChI=1S/C49H32IN3/c50-46-44(36-13-5-1-6-14-36)31-43(32-45(46)37-15-7-2-8-16-37)35-23-21-33(22-24-35)40-27-25-34-26-28-41(30-42(34)29-40)49-52-47(38-17-9-3-10-18-38)51-48(53-49)39-19-11-4-12-20-39/h1-32H. The van der Waals surface area contributed by atoms with Crippen molar-refractivity contribution >= 4 is 33.4 Å². The highest BCUT2D eigenvalue weighted by Crippen LogP contribution is 2.39. The van der Waals surface area contributed by atoms with Crippen LogP contribution in [0.2, 0.25) is 0 Å². The molecule has 9 aromatic rings. The monoisotopic (exact) mass is 789 g/mol. The third kappa shape index (κ3) is 6.77. The number of aromatic nitrogens is 3. The summed E-state index contributed by atoms with van der Waals surface area (Å²) >= 11 is 2.51. The molecule has 0 atom stereocenters. The van der Waals surface area contributed by atoms with E-state index in [-0.39, 0.29) is 0 Å². The highest BCUT2D eigenvalue weighted by molar-refractivity contribution is 14.1. The average Bonchev–Trinajstić information content (AvgIpc) is 3.24. The lowest BCUT2D eigenvalue weighted by Crippen LogP contribution is -2.00. The fourth-order valence-corrected chi connectivity index (χ4v) is 7.74. The van der Waals surface area contributed by atoms with Gasteiger partial charge in [0, 0.05) is 20.3 Å². The molecule has 0 fully saturated rings. The van der Waals surface area contributed by atoms with E-state index < -0.39 is 0 Å². The lowest BCUT2D eigenvalue weighted by Gasteiger charge is -2.15. The minimum Gasteiger partial charge on any atom is -0.208 e. The van der Waals surface area contributed by atoms with Crippen LogP contribution in [0.25, 0.3) is 89.4 Å². The molecule has 0 unspecified atom stereocenters. The van der Waals surface area contributed by atoms with Crippen LogP contribution in [-0.2, 0) is 0 Å². The van der Waals surface area contributed by atoms with Gasteiger partial charge in [0.25, 0.3) is 0 Å². The van der Waals surface area contributed by atoms with Gasteiger partial charge < -0.3 is 0 Å². The molecule has 250 valence electrons. The molecule has 1 aromatic heterocycles. The first-order valence-electron chi connectivity index (χ1n) is 17.6. The third-order valence-corrected chi connectivity index (χ3v) is 10.8. The summed E-state index contributed by atoms with van der Waals surface area (Å²) in [5.74, 6) is 1.96. The van der Waals surface area contributed by atoms with Crippen molar-refractivity contribution in [1.29, 1.82) is 0 Å². The largest absolute Gasteiger partial charge is 0.208 e. The Morgan fingerprint density at radius 1 is 0.264 bits per heavy atom. The number of rotatable bonds is 7. The number of benzene rings is 8. The molecule has 0 amide bonds. The summed E-state index contributed by atoms with van der Waals surface area (Å²) in [6, 6.07) is 68.2. The number of fused-ring (bicyclic) bond motifs is 1. The maximum Gasteiger partial charge on any atom is 0.164 e. The van der Waals surface area contributed by atoms with E-state index in [1.807, 2.05) is 60.7 Å². The summed E-state index contributed by atoms with van der Waals surface area (Å²) in [7, 11) is 0. The molecule has 0 N–H and O–H groups in total. The summed E-state index contributed by atoms with van der Waals surface area (Å²) in [5, 5.41) is 2.29. The molecule has 4 heteroatoms. The van der Waals surface area contributed by atoms with E-state index in [9.17, 15) is 0 Å². The number of halogens is 1. The quantitative estimate of drug-likeness (QED) is 0.151. The molecule has 53 heavy (non-hydrogen) atoms. The van der Waals surface area contributed by atoms with Crippen LogP contribution in [0.5, 0.6) is 0 Å². The van der Waals surface area contributed by atoms with E-state index in [1.165, 1.54) is 37.0 Å². The lowest BCUT2D eigenvalue weighted by molar-refractivity contribution is 1.07. The molecule has 0 bridgehead atoms. The highest BCUT2D eigenvalue weighted by atomic mass is 127. The van der Waals surface area contributed by atoms with Gasteiger partial charge in [-0.05, 0) is 102 Å². The molecule has 3 nitrogen and oxygen atoms in total. The molecule has 0 radical (unpaired) electrons. The fourth-order valence-electron chi connectivity index (χ4n) is 6.80. The molecular formula is C49H32IN3. The van der Waals surface area contributed by atoms with Gasteiger partial charge in [0.1, 0.15) is 0 Å². The molecule has 0 saturated carbocycles. The van der Waals surface area contributed by atoms with Crippen molar-refractivity contribution in [1.82, 2.24) is 15.0 Å². The average molecular weight is 790 g/mol. The molecule has 1 heterocycles. The molecule has 0 aliphatic carbocycles. The Hall–Kier alpha value is -6.24. The molecule has 0 aliphatic rings. The van der Waals surface area contributed by atoms with Gasteiger partial charge in [0.05, 0.1) is 0 Å². The Bertz CT molecular complexity index is 2580. The van der Waals surface area contributed by atoms with Crippen molar-refractivity contribution in [3.8, 4) is 78.7 Å². The van der Waals surface area contributed by atoms with Crippen LogP contribution in [-0.4, -0.2) is 15.0 Å². The van der Waals surface area contributed by atoms with E-state index in [1.54, 1.807) is 0 Å². The van der Waals surface area contributed by atoms with Crippen LogP contribution < -0.4 is 0 Å². The van der Waals surface area contributed by atoms with Crippen LogP contribution in [0.4, 0.5) is 0 Å². The number of hydrogen-bond donors (Lipinski definition) is 0. The molecule has 0 saturated heterocycles. The first-order valence-corrected chi connectivity index (χ1v) is 18.7. The van der Waals surface area contributed by atoms with E-state index >= 15 is 0 Å². The topological polar surface area (TPSA) is 38.7 Å². The predicted octanol–water partition coefficient (Wildman–Crippen LogP) is 13.3. The maximum atomic E-state index is 4.96. The normalized spacial score (nSPS) is 11.1. The minimum atomic E-state index is 0.650.